The molecule has 2 nitrogen and oxygen atoms in total. The fourth-order valence-electron chi connectivity index (χ4n) is 2.78. The van der Waals surface area contributed by atoms with Gasteiger partial charge < -0.3 is 5.32 Å². The zero-order chi connectivity index (χ0) is 13.0. The number of rotatable bonds is 5. The maximum Gasteiger partial charge on any atom is 0.0281 e. The number of hydrogen-bond acceptors (Lipinski definition) is 2. The van der Waals surface area contributed by atoms with Crippen LogP contribution in [0.5, 0.6) is 0 Å². The second-order valence-corrected chi connectivity index (χ2v) is 6.08. The minimum atomic E-state index is 0.305. The molecule has 1 saturated heterocycles. The van der Waals surface area contributed by atoms with E-state index in [-0.39, 0.29) is 0 Å². The van der Waals surface area contributed by atoms with Crippen LogP contribution in [-0.2, 0) is 6.54 Å². The highest BCUT2D eigenvalue weighted by atomic mass is 15.2. The molecule has 1 aliphatic heterocycles. The first-order chi connectivity index (χ1) is 8.59. The molecule has 1 atom stereocenters. The maximum atomic E-state index is 3.66. The van der Waals surface area contributed by atoms with Gasteiger partial charge >= 0.3 is 0 Å². The molecule has 1 N–H and O–H groups in total. The summed E-state index contributed by atoms with van der Waals surface area (Å²) in [4.78, 5) is 2.58. The first-order valence-corrected chi connectivity index (χ1v) is 7.12. The van der Waals surface area contributed by atoms with Crippen molar-refractivity contribution in [3.8, 4) is 0 Å². The molecule has 1 unspecified atom stereocenters. The fraction of sp³-hybridized carbons (Fsp3) is 0.625. The summed E-state index contributed by atoms with van der Waals surface area (Å²) in [7, 11) is 0. The lowest BCUT2D eigenvalue weighted by atomic mass is 9.98. The van der Waals surface area contributed by atoms with Crippen LogP contribution in [0.4, 0.5) is 0 Å². The molecule has 0 amide bonds. The van der Waals surface area contributed by atoms with E-state index in [4.69, 9.17) is 0 Å². The van der Waals surface area contributed by atoms with E-state index < -0.39 is 0 Å². The summed E-state index contributed by atoms with van der Waals surface area (Å²) in [6.45, 7) is 10.3. The molecule has 1 aliphatic rings. The summed E-state index contributed by atoms with van der Waals surface area (Å²) < 4.78 is 0. The molecule has 0 radical (unpaired) electrons. The second-order valence-electron chi connectivity index (χ2n) is 6.08. The highest BCUT2D eigenvalue weighted by Crippen LogP contribution is 2.22. The van der Waals surface area contributed by atoms with Gasteiger partial charge in [-0.2, -0.15) is 0 Å². The van der Waals surface area contributed by atoms with Gasteiger partial charge in [0.2, 0.25) is 0 Å². The average Bonchev–Trinajstić information content (AvgIpc) is 2.76. The van der Waals surface area contributed by atoms with Gasteiger partial charge in [-0.3, -0.25) is 4.90 Å². The Morgan fingerprint density at radius 3 is 2.56 bits per heavy atom. The lowest BCUT2D eigenvalue weighted by Gasteiger charge is -2.35. The third-order valence-electron chi connectivity index (χ3n) is 3.97. The molecular formula is C16H26N2. The summed E-state index contributed by atoms with van der Waals surface area (Å²) in [6.07, 6.45) is 2.61. The van der Waals surface area contributed by atoms with Crippen molar-refractivity contribution in [2.75, 3.05) is 13.1 Å². The van der Waals surface area contributed by atoms with Gasteiger partial charge in [0.15, 0.2) is 0 Å². The maximum absolute atomic E-state index is 3.66. The Labute approximate surface area is 111 Å². The molecule has 0 bridgehead atoms. The molecule has 1 fully saturated rings. The normalized spacial score (nSPS) is 24.1. The topological polar surface area (TPSA) is 15.3 Å². The third-order valence-corrected chi connectivity index (χ3v) is 3.97. The smallest absolute Gasteiger partial charge is 0.0281 e. The Morgan fingerprint density at radius 1 is 1.28 bits per heavy atom. The van der Waals surface area contributed by atoms with E-state index in [0.29, 0.717) is 11.6 Å². The van der Waals surface area contributed by atoms with Crippen LogP contribution >= 0.6 is 0 Å². The summed E-state index contributed by atoms with van der Waals surface area (Å²) >= 11 is 0. The molecule has 0 aromatic heterocycles. The average molecular weight is 246 g/mol. The zero-order valence-corrected chi connectivity index (χ0v) is 11.9. The van der Waals surface area contributed by atoms with Crippen molar-refractivity contribution in [1.29, 1.82) is 0 Å². The Hall–Kier alpha value is -0.860. The standard InChI is InChI=1S/C16H26N2/c1-14(2)18(12-15-8-5-4-6-9-15)13-16(3)10-7-11-17-16/h4-6,8-9,14,17H,7,10-13H2,1-3H3. The van der Waals surface area contributed by atoms with Gasteiger partial charge in [-0.05, 0) is 45.7 Å². The molecule has 1 heterocycles. The Bertz CT molecular complexity index is 353. The van der Waals surface area contributed by atoms with Crippen molar-refractivity contribution in [3.63, 3.8) is 0 Å². The van der Waals surface area contributed by atoms with Crippen LogP contribution in [0.1, 0.15) is 39.2 Å². The quantitative estimate of drug-likeness (QED) is 0.859. The highest BCUT2D eigenvalue weighted by Gasteiger charge is 2.30. The van der Waals surface area contributed by atoms with E-state index >= 15 is 0 Å². The predicted octanol–water partition coefficient (Wildman–Crippen LogP) is 3.04. The largest absolute Gasteiger partial charge is 0.310 e. The Kier molecular flexibility index (Phi) is 4.41. The monoisotopic (exact) mass is 246 g/mol. The van der Waals surface area contributed by atoms with Crippen LogP contribution in [0.15, 0.2) is 30.3 Å². The molecule has 1 aromatic rings. The van der Waals surface area contributed by atoms with Crippen molar-refractivity contribution >= 4 is 0 Å². The van der Waals surface area contributed by atoms with E-state index in [0.717, 1.165) is 13.1 Å². The zero-order valence-electron chi connectivity index (χ0n) is 11.9. The molecule has 0 saturated carbocycles. The number of nitrogens with zero attached hydrogens (tertiary/aromatic N) is 1. The molecule has 18 heavy (non-hydrogen) atoms. The van der Waals surface area contributed by atoms with E-state index in [1.807, 2.05) is 0 Å². The minimum Gasteiger partial charge on any atom is -0.310 e. The molecule has 2 rings (SSSR count). The summed E-state index contributed by atoms with van der Waals surface area (Å²) in [5.74, 6) is 0. The van der Waals surface area contributed by atoms with Crippen LogP contribution in [0, 0.1) is 0 Å². The Balaban J connectivity index is 2.00. The first-order valence-electron chi connectivity index (χ1n) is 7.12. The SMILES string of the molecule is CC(C)N(Cc1ccccc1)CC1(C)CCCN1. The molecule has 0 spiro atoms. The first kappa shape index (κ1) is 13.6. The van der Waals surface area contributed by atoms with Crippen LogP contribution in [0.3, 0.4) is 0 Å². The molecular weight excluding hydrogens is 220 g/mol. The van der Waals surface area contributed by atoms with Gasteiger partial charge in [0, 0.05) is 24.7 Å². The highest BCUT2D eigenvalue weighted by molar-refractivity contribution is 5.14. The van der Waals surface area contributed by atoms with Gasteiger partial charge in [0.25, 0.3) is 0 Å². The number of nitrogens with one attached hydrogen (secondary N) is 1. The summed E-state index contributed by atoms with van der Waals surface area (Å²) in [5, 5.41) is 3.66. The van der Waals surface area contributed by atoms with Gasteiger partial charge in [0.1, 0.15) is 0 Å². The fourth-order valence-corrected chi connectivity index (χ4v) is 2.78. The van der Waals surface area contributed by atoms with E-state index in [1.165, 1.54) is 24.9 Å². The van der Waals surface area contributed by atoms with Crippen LogP contribution in [0.2, 0.25) is 0 Å². The second kappa shape index (κ2) is 5.85. The van der Waals surface area contributed by atoms with E-state index in [1.54, 1.807) is 0 Å². The van der Waals surface area contributed by atoms with Crippen LogP contribution in [-0.4, -0.2) is 29.6 Å². The molecule has 100 valence electrons. The summed E-state index contributed by atoms with van der Waals surface area (Å²) in [6, 6.07) is 11.4. The van der Waals surface area contributed by atoms with E-state index in [9.17, 15) is 0 Å². The third kappa shape index (κ3) is 3.56. The van der Waals surface area contributed by atoms with Crippen molar-refractivity contribution in [1.82, 2.24) is 10.2 Å². The van der Waals surface area contributed by atoms with Crippen molar-refractivity contribution in [3.05, 3.63) is 35.9 Å². The summed E-state index contributed by atoms with van der Waals surface area (Å²) in [5.41, 5.74) is 1.71. The lowest BCUT2D eigenvalue weighted by molar-refractivity contribution is 0.158. The number of hydrogen-bond donors (Lipinski definition) is 1. The van der Waals surface area contributed by atoms with Gasteiger partial charge in [0.05, 0.1) is 0 Å². The Morgan fingerprint density at radius 2 is 2.00 bits per heavy atom. The lowest BCUT2D eigenvalue weighted by Crippen LogP contribution is -2.49. The van der Waals surface area contributed by atoms with Crippen LogP contribution < -0.4 is 5.32 Å². The number of benzene rings is 1. The van der Waals surface area contributed by atoms with Crippen LogP contribution in [0.25, 0.3) is 0 Å². The van der Waals surface area contributed by atoms with Crippen molar-refractivity contribution < 1.29 is 0 Å². The van der Waals surface area contributed by atoms with Crippen molar-refractivity contribution in [2.24, 2.45) is 0 Å². The minimum absolute atomic E-state index is 0.305. The molecule has 2 heteroatoms. The van der Waals surface area contributed by atoms with Gasteiger partial charge in [-0.15, -0.1) is 0 Å². The van der Waals surface area contributed by atoms with Gasteiger partial charge in [-0.1, -0.05) is 30.3 Å². The molecule has 0 aliphatic carbocycles. The predicted molar refractivity (Wildman–Crippen MR) is 77.6 cm³/mol. The molecule has 1 aromatic carbocycles. The van der Waals surface area contributed by atoms with Crippen molar-refractivity contribution in [2.45, 2.75) is 51.7 Å². The van der Waals surface area contributed by atoms with Gasteiger partial charge in [-0.25, -0.2) is 0 Å². The van der Waals surface area contributed by atoms with E-state index in [2.05, 4.69) is 61.3 Å².